The van der Waals surface area contributed by atoms with E-state index in [1.54, 1.807) is 4.90 Å². The lowest BCUT2D eigenvalue weighted by atomic mass is 9.76. The minimum atomic E-state index is 0.0668. The van der Waals surface area contributed by atoms with Gasteiger partial charge in [-0.1, -0.05) is 26.7 Å². The smallest absolute Gasteiger partial charge is 0.220 e. The van der Waals surface area contributed by atoms with Gasteiger partial charge < -0.3 is 10.2 Å². The molecule has 3 aliphatic heterocycles. The van der Waals surface area contributed by atoms with Gasteiger partial charge in [0.15, 0.2) is 0 Å². The molecule has 0 saturated carbocycles. The van der Waals surface area contributed by atoms with Gasteiger partial charge in [-0.15, -0.1) is 6.42 Å². The second kappa shape index (κ2) is 5.54. The molecule has 2 bridgehead atoms. The maximum absolute atomic E-state index is 11.9. The van der Waals surface area contributed by atoms with Crippen molar-refractivity contribution in [3.05, 3.63) is 0 Å². The van der Waals surface area contributed by atoms with Crippen LogP contribution in [0.1, 0.15) is 40.0 Å². The van der Waals surface area contributed by atoms with Crippen molar-refractivity contribution in [1.82, 2.24) is 5.32 Å². The molecule has 3 saturated heterocycles. The van der Waals surface area contributed by atoms with Gasteiger partial charge in [0.1, 0.15) is 6.04 Å². The van der Waals surface area contributed by atoms with Gasteiger partial charge in [0.25, 0.3) is 0 Å². The van der Waals surface area contributed by atoms with E-state index in [0.717, 1.165) is 13.1 Å². The van der Waals surface area contributed by atoms with Crippen LogP contribution in [0.25, 0.3) is 0 Å². The van der Waals surface area contributed by atoms with E-state index in [0.29, 0.717) is 24.3 Å². The first-order chi connectivity index (χ1) is 8.89. The summed E-state index contributed by atoms with van der Waals surface area (Å²) in [7, 11) is 0. The number of amides is 1. The Labute approximate surface area is 117 Å². The van der Waals surface area contributed by atoms with E-state index in [2.05, 4.69) is 32.0 Å². The average Bonchev–Trinajstić information content (AvgIpc) is 2.35. The molecule has 3 rings (SSSR count). The lowest BCUT2D eigenvalue weighted by molar-refractivity contribution is -0.943. The summed E-state index contributed by atoms with van der Waals surface area (Å²) >= 11 is 0. The van der Waals surface area contributed by atoms with Crippen molar-refractivity contribution < 1.29 is 9.69 Å². The highest BCUT2D eigenvalue weighted by molar-refractivity contribution is 5.76. The SMILES string of the molecule is C#C[C@H]1C[NH+]2CC[C@H]1C[C@@H]2CNC(=O)CC(C)(C)C. The standard InChI is InChI=1S/C16H26N2O/c1-5-12-11-18-7-6-13(12)8-14(18)10-17-15(19)9-16(2,3)4/h1,12-14H,6-11H2,2-4H3,(H,17,19)/p+1/t12-,13-,14+/m0/s1. The molecular weight excluding hydrogens is 236 g/mol. The van der Waals surface area contributed by atoms with Crippen LogP contribution in [0.2, 0.25) is 0 Å². The Kier molecular flexibility index (Phi) is 4.20. The number of fused-ring (bicyclic) bond motifs is 3. The van der Waals surface area contributed by atoms with E-state index >= 15 is 0 Å². The van der Waals surface area contributed by atoms with Crippen LogP contribution in [0.3, 0.4) is 0 Å². The highest BCUT2D eigenvalue weighted by atomic mass is 16.1. The molecular formula is C16H27N2O+. The number of hydrogen-bond acceptors (Lipinski definition) is 1. The molecule has 0 spiro atoms. The topological polar surface area (TPSA) is 33.5 Å². The lowest BCUT2D eigenvalue weighted by Gasteiger charge is -2.45. The van der Waals surface area contributed by atoms with Gasteiger partial charge in [0.05, 0.1) is 25.6 Å². The zero-order valence-corrected chi connectivity index (χ0v) is 12.5. The number of terminal acetylenes is 1. The van der Waals surface area contributed by atoms with Crippen LogP contribution in [0.4, 0.5) is 0 Å². The first kappa shape index (κ1) is 14.4. The van der Waals surface area contributed by atoms with Gasteiger partial charge in [-0.2, -0.15) is 0 Å². The Morgan fingerprint density at radius 2 is 2.21 bits per heavy atom. The normalized spacial score (nSPS) is 33.8. The fourth-order valence-corrected chi connectivity index (χ4v) is 3.51. The Morgan fingerprint density at radius 1 is 1.47 bits per heavy atom. The predicted molar refractivity (Wildman–Crippen MR) is 76.6 cm³/mol. The number of carbonyl (C=O) groups excluding carboxylic acids is 1. The predicted octanol–water partition coefficient (Wildman–Crippen LogP) is 0.465. The van der Waals surface area contributed by atoms with Gasteiger partial charge in [-0.25, -0.2) is 0 Å². The monoisotopic (exact) mass is 263 g/mol. The second-order valence-electron chi connectivity index (χ2n) is 7.41. The molecule has 3 heteroatoms. The summed E-state index contributed by atoms with van der Waals surface area (Å²) in [6, 6.07) is 0.576. The summed E-state index contributed by atoms with van der Waals surface area (Å²) in [5.74, 6) is 4.28. The largest absolute Gasteiger partial charge is 0.350 e. The molecule has 0 aromatic heterocycles. The van der Waals surface area contributed by atoms with E-state index in [1.165, 1.54) is 19.4 Å². The molecule has 3 heterocycles. The van der Waals surface area contributed by atoms with Crippen molar-refractivity contribution in [3.63, 3.8) is 0 Å². The number of hydrogen-bond donors (Lipinski definition) is 2. The van der Waals surface area contributed by atoms with Crippen molar-refractivity contribution in [2.45, 2.75) is 46.1 Å². The fraction of sp³-hybridized carbons (Fsp3) is 0.812. The number of quaternary nitrogens is 1. The first-order valence-corrected chi connectivity index (χ1v) is 7.46. The van der Waals surface area contributed by atoms with E-state index in [9.17, 15) is 4.79 Å². The van der Waals surface area contributed by atoms with E-state index in [-0.39, 0.29) is 11.3 Å². The third-order valence-corrected chi connectivity index (χ3v) is 4.50. The maximum atomic E-state index is 11.9. The minimum Gasteiger partial charge on any atom is -0.350 e. The fourth-order valence-electron chi connectivity index (χ4n) is 3.51. The summed E-state index contributed by atoms with van der Waals surface area (Å²) in [5.41, 5.74) is 0.0668. The molecule has 0 aliphatic carbocycles. The van der Waals surface area contributed by atoms with Crippen molar-refractivity contribution in [3.8, 4) is 12.3 Å². The Balaban J connectivity index is 1.79. The van der Waals surface area contributed by atoms with E-state index < -0.39 is 0 Å². The van der Waals surface area contributed by atoms with Crippen molar-refractivity contribution >= 4 is 5.91 Å². The van der Waals surface area contributed by atoms with Crippen LogP contribution in [0.5, 0.6) is 0 Å². The third kappa shape index (κ3) is 3.73. The molecule has 3 aliphatic rings. The van der Waals surface area contributed by atoms with Crippen molar-refractivity contribution in [2.75, 3.05) is 19.6 Å². The van der Waals surface area contributed by atoms with E-state index in [1.807, 2.05) is 0 Å². The average molecular weight is 263 g/mol. The molecule has 1 unspecified atom stereocenters. The molecule has 0 aromatic rings. The van der Waals surface area contributed by atoms with Crippen LogP contribution < -0.4 is 10.2 Å². The molecule has 1 amide bonds. The van der Waals surface area contributed by atoms with Gasteiger partial charge in [-0.05, 0) is 11.3 Å². The maximum Gasteiger partial charge on any atom is 0.220 e. The van der Waals surface area contributed by atoms with Crippen LogP contribution >= 0.6 is 0 Å². The summed E-state index contributed by atoms with van der Waals surface area (Å²) in [4.78, 5) is 13.5. The number of piperidine rings is 3. The Morgan fingerprint density at radius 3 is 2.74 bits per heavy atom. The number of rotatable bonds is 3. The van der Waals surface area contributed by atoms with Crippen molar-refractivity contribution in [1.29, 1.82) is 0 Å². The zero-order valence-electron chi connectivity index (χ0n) is 12.5. The van der Waals surface area contributed by atoms with Gasteiger partial charge in [-0.3, -0.25) is 4.79 Å². The number of carbonyl (C=O) groups is 1. The van der Waals surface area contributed by atoms with Gasteiger partial charge in [0, 0.05) is 19.3 Å². The van der Waals surface area contributed by atoms with Crippen LogP contribution in [-0.2, 0) is 4.79 Å². The quantitative estimate of drug-likeness (QED) is 0.713. The molecule has 2 N–H and O–H groups in total. The summed E-state index contributed by atoms with van der Waals surface area (Å²) < 4.78 is 0. The Hall–Kier alpha value is -1.01. The van der Waals surface area contributed by atoms with Crippen LogP contribution in [0.15, 0.2) is 0 Å². The molecule has 4 atom stereocenters. The molecule has 19 heavy (non-hydrogen) atoms. The van der Waals surface area contributed by atoms with Crippen molar-refractivity contribution in [2.24, 2.45) is 17.3 Å². The second-order valence-corrected chi connectivity index (χ2v) is 7.41. The van der Waals surface area contributed by atoms with Gasteiger partial charge >= 0.3 is 0 Å². The van der Waals surface area contributed by atoms with Crippen LogP contribution in [-0.4, -0.2) is 31.6 Å². The molecule has 106 valence electrons. The summed E-state index contributed by atoms with van der Waals surface area (Å²) in [6.07, 6.45) is 8.64. The summed E-state index contributed by atoms with van der Waals surface area (Å²) in [5, 5.41) is 3.12. The third-order valence-electron chi connectivity index (χ3n) is 4.50. The molecule has 3 fully saturated rings. The number of nitrogens with one attached hydrogen (secondary N) is 2. The van der Waals surface area contributed by atoms with Crippen LogP contribution in [0, 0.1) is 29.6 Å². The highest BCUT2D eigenvalue weighted by Gasteiger charge is 2.42. The lowest BCUT2D eigenvalue weighted by Crippen LogP contribution is -3.20. The van der Waals surface area contributed by atoms with Gasteiger partial charge in [0.2, 0.25) is 5.91 Å². The molecule has 3 nitrogen and oxygen atoms in total. The first-order valence-electron chi connectivity index (χ1n) is 7.46. The van der Waals surface area contributed by atoms with E-state index in [4.69, 9.17) is 6.42 Å². The highest BCUT2D eigenvalue weighted by Crippen LogP contribution is 2.26. The Bertz CT molecular complexity index is 377. The minimum absolute atomic E-state index is 0.0668. The zero-order chi connectivity index (χ0) is 14.0. The molecule has 0 aromatic carbocycles. The summed E-state index contributed by atoms with van der Waals surface area (Å²) in [6.45, 7) is 9.44. The molecule has 0 radical (unpaired) electrons.